The standard InChI is InChI=1S/C28H23N3O10/c29-23(34)8-7-20(27(38)30-12-24(35)36)31-26(37)13-1-4-16(19(9-13)28(39)40)25-17-5-2-14(32)10-21(17)41-22-11-15(33)3-6-18(22)25/h1-6,9-11,20,32H,7-8,12H2,(H2,29,34)(H,30,38)(H,31,37)(H,35,36)(H,39,40)/t20-/m0/s1. The van der Waals surface area contributed by atoms with Gasteiger partial charge < -0.3 is 36.1 Å². The summed E-state index contributed by atoms with van der Waals surface area (Å²) in [6.45, 7) is -0.726. The van der Waals surface area contributed by atoms with E-state index in [1.165, 1.54) is 48.5 Å². The molecule has 0 saturated heterocycles. The highest BCUT2D eigenvalue weighted by Crippen LogP contribution is 2.42. The van der Waals surface area contributed by atoms with Crippen molar-refractivity contribution in [2.45, 2.75) is 18.9 Å². The number of carbonyl (C=O) groups excluding carboxylic acids is 3. The molecule has 3 amide bonds. The Morgan fingerprint density at radius 3 is 2.34 bits per heavy atom. The molecule has 13 heteroatoms. The summed E-state index contributed by atoms with van der Waals surface area (Å²) >= 11 is 0. The van der Waals surface area contributed by atoms with Crippen LogP contribution in [0, 0.1) is 0 Å². The average Bonchev–Trinajstić information content (AvgIpc) is 2.91. The highest BCUT2D eigenvalue weighted by atomic mass is 16.4. The summed E-state index contributed by atoms with van der Waals surface area (Å²) in [5.41, 5.74) is 5.49. The smallest absolute Gasteiger partial charge is 0.336 e. The fraction of sp³-hybridized carbons (Fsp3) is 0.143. The summed E-state index contributed by atoms with van der Waals surface area (Å²) in [6.07, 6.45) is -0.513. The van der Waals surface area contributed by atoms with E-state index in [0.29, 0.717) is 16.5 Å². The lowest BCUT2D eigenvalue weighted by molar-refractivity contribution is -0.138. The van der Waals surface area contributed by atoms with Gasteiger partial charge in [-0.1, -0.05) is 6.07 Å². The van der Waals surface area contributed by atoms with Crippen molar-refractivity contribution < 1.29 is 43.7 Å². The molecule has 0 aromatic heterocycles. The van der Waals surface area contributed by atoms with Gasteiger partial charge in [0.05, 0.1) is 5.56 Å². The van der Waals surface area contributed by atoms with Gasteiger partial charge in [0.2, 0.25) is 11.8 Å². The number of fused-ring (bicyclic) bond motifs is 2. The van der Waals surface area contributed by atoms with Gasteiger partial charge in [0.25, 0.3) is 5.91 Å². The van der Waals surface area contributed by atoms with E-state index in [2.05, 4.69) is 10.6 Å². The zero-order valence-electron chi connectivity index (χ0n) is 21.2. The molecule has 2 aromatic rings. The summed E-state index contributed by atoms with van der Waals surface area (Å²) < 4.78 is 5.79. The van der Waals surface area contributed by atoms with Crippen LogP contribution in [0.5, 0.6) is 5.75 Å². The first-order valence-corrected chi connectivity index (χ1v) is 12.1. The van der Waals surface area contributed by atoms with Crippen LogP contribution >= 0.6 is 0 Å². The van der Waals surface area contributed by atoms with Crippen molar-refractivity contribution in [2.24, 2.45) is 5.73 Å². The molecule has 0 saturated carbocycles. The molecule has 1 heterocycles. The molecule has 41 heavy (non-hydrogen) atoms. The van der Waals surface area contributed by atoms with Crippen LogP contribution in [0.15, 0.2) is 63.8 Å². The molecular weight excluding hydrogens is 538 g/mol. The largest absolute Gasteiger partial charge is 0.508 e. The number of benzene rings is 3. The summed E-state index contributed by atoms with van der Waals surface area (Å²) in [4.78, 5) is 72.0. The number of nitrogens with one attached hydrogen (secondary N) is 2. The summed E-state index contributed by atoms with van der Waals surface area (Å²) in [5, 5.41) is 33.8. The molecule has 0 radical (unpaired) electrons. The predicted molar refractivity (Wildman–Crippen MR) is 143 cm³/mol. The minimum Gasteiger partial charge on any atom is -0.508 e. The molecule has 0 fully saturated rings. The monoisotopic (exact) mass is 561 g/mol. The van der Waals surface area contributed by atoms with E-state index in [4.69, 9.17) is 15.3 Å². The normalized spacial score (nSPS) is 11.6. The molecule has 2 aromatic carbocycles. The molecular formula is C28H23N3O10. The van der Waals surface area contributed by atoms with Crippen LogP contribution in [0.4, 0.5) is 0 Å². The minimum absolute atomic E-state index is 0.117. The fourth-order valence-corrected chi connectivity index (χ4v) is 4.31. The third-order valence-electron chi connectivity index (χ3n) is 6.17. The zero-order chi connectivity index (χ0) is 29.8. The van der Waals surface area contributed by atoms with Crippen LogP contribution in [0.2, 0.25) is 0 Å². The van der Waals surface area contributed by atoms with E-state index in [9.17, 15) is 39.0 Å². The number of rotatable bonds is 10. The first kappa shape index (κ1) is 28.3. The van der Waals surface area contributed by atoms with Crippen molar-refractivity contribution in [3.05, 3.63) is 75.9 Å². The van der Waals surface area contributed by atoms with Crippen LogP contribution in [0.25, 0.3) is 33.4 Å². The second kappa shape index (κ2) is 11.6. The molecule has 13 nitrogen and oxygen atoms in total. The van der Waals surface area contributed by atoms with Crippen LogP contribution in [0.1, 0.15) is 33.6 Å². The van der Waals surface area contributed by atoms with E-state index < -0.39 is 42.2 Å². The van der Waals surface area contributed by atoms with E-state index in [0.717, 1.165) is 6.07 Å². The van der Waals surface area contributed by atoms with Gasteiger partial charge in [-0.3, -0.25) is 24.0 Å². The number of primary amides is 1. The number of amides is 3. The van der Waals surface area contributed by atoms with Crippen molar-refractivity contribution in [3.63, 3.8) is 0 Å². The van der Waals surface area contributed by atoms with Gasteiger partial charge in [0.1, 0.15) is 29.7 Å². The molecule has 0 bridgehead atoms. The number of hydrogen-bond acceptors (Lipinski definition) is 8. The molecule has 2 aliphatic rings. The zero-order valence-corrected chi connectivity index (χ0v) is 21.2. The molecule has 210 valence electrons. The Kier molecular flexibility index (Phi) is 7.99. The van der Waals surface area contributed by atoms with Gasteiger partial charge in [-0.2, -0.15) is 0 Å². The van der Waals surface area contributed by atoms with Gasteiger partial charge in [-0.15, -0.1) is 0 Å². The van der Waals surface area contributed by atoms with Crippen LogP contribution in [-0.4, -0.2) is 57.6 Å². The number of aromatic carboxylic acids is 1. The third-order valence-corrected chi connectivity index (χ3v) is 6.17. The maximum Gasteiger partial charge on any atom is 0.336 e. The maximum atomic E-state index is 13.1. The molecule has 0 spiro atoms. The Bertz CT molecular complexity index is 1740. The van der Waals surface area contributed by atoms with E-state index >= 15 is 0 Å². The van der Waals surface area contributed by atoms with Crippen molar-refractivity contribution in [3.8, 4) is 28.2 Å². The summed E-state index contributed by atoms with van der Waals surface area (Å²) in [5.74, 6) is -5.17. The third kappa shape index (κ3) is 6.30. The lowest BCUT2D eigenvalue weighted by Crippen LogP contribution is -2.48. The van der Waals surface area contributed by atoms with Crippen molar-refractivity contribution in [1.82, 2.24) is 10.6 Å². The molecule has 1 aliphatic carbocycles. The second-order valence-electron chi connectivity index (χ2n) is 9.02. The van der Waals surface area contributed by atoms with Crippen LogP contribution in [0.3, 0.4) is 0 Å². The number of aliphatic carboxylic acids is 1. The molecule has 0 unspecified atom stereocenters. The maximum absolute atomic E-state index is 13.1. The molecule has 1 aliphatic heterocycles. The lowest BCUT2D eigenvalue weighted by atomic mass is 9.89. The van der Waals surface area contributed by atoms with Crippen LogP contribution in [-0.2, 0) is 14.4 Å². The first-order chi connectivity index (χ1) is 19.4. The SMILES string of the molecule is NC(=O)CC[C@H](NC(=O)c1ccc(-c2c3ccc(=O)cc-3oc3cc(O)ccc23)c(C(=O)O)c1)C(=O)NCC(=O)O. The predicted octanol–water partition coefficient (Wildman–Crippen LogP) is 1.53. The van der Waals surface area contributed by atoms with E-state index in [1.807, 2.05) is 0 Å². The fourth-order valence-electron chi connectivity index (χ4n) is 4.31. The number of phenolic OH excluding ortho intramolecular Hbond substituents is 1. The Labute approximate surface area is 230 Å². The number of carboxylic acids is 2. The average molecular weight is 562 g/mol. The Morgan fingerprint density at radius 2 is 1.66 bits per heavy atom. The number of hydrogen-bond donors (Lipinski definition) is 6. The van der Waals surface area contributed by atoms with Gasteiger partial charge in [-0.25, -0.2) is 4.79 Å². The van der Waals surface area contributed by atoms with Crippen molar-refractivity contribution >= 4 is 40.6 Å². The Morgan fingerprint density at radius 1 is 0.927 bits per heavy atom. The number of phenols is 1. The second-order valence-corrected chi connectivity index (χ2v) is 9.02. The summed E-state index contributed by atoms with van der Waals surface area (Å²) in [7, 11) is 0. The highest BCUT2D eigenvalue weighted by Gasteiger charge is 2.26. The van der Waals surface area contributed by atoms with E-state index in [-0.39, 0.29) is 52.1 Å². The number of nitrogens with two attached hydrogens (primary N) is 1. The van der Waals surface area contributed by atoms with Gasteiger partial charge >= 0.3 is 11.9 Å². The quantitative estimate of drug-likeness (QED) is 0.153. The number of aromatic hydroxyl groups is 1. The molecule has 7 N–H and O–H groups in total. The minimum atomic E-state index is -1.39. The van der Waals surface area contributed by atoms with Crippen molar-refractivity contribution in [1.29, 1.82) is 0 Å². The van der Waals surface area contributed by atoms with Crippen molar-refractivity contribution in [2.75, 3.05) is 6.54 Å². The summed E-state index contributed by atoms with van der Waals surface area (Å²) in [6, 6.07) is 10.7. The number of carbonyl (C=O) groups is 5. The van der Waals surface area contributed by atoms with Gasteiger partial charge in [-0.05, 0) is 48.4 Å². The van der Waals surface area contributed by atoms with Gasteiger partial charge in [0.15, 0.2) is 5.43 Å². The van der Waals surface area contributed by atoms with E-state index in [1.54, 1.807) is 0 Å². The number of carboxylic acid groups (broad SMARTS) is 2. The lowest BCUT2D eigenvalue weighted by Gasteiger charge is -2.19. The first-order valence-electron chi connectivity index (χ1n) is 12.1. The van der Waals surface area contributed by atoms with Gasteiger partial charge in [0, 0.05) is 40.6 Å². The molecule has 1 atom stereocenters. The molecule has 4 rings (SSSR count). The Balaban J connectivity index is 1.78. The topological polar surface area (TPSA) is 226 Å². The van der Waals surface area contributed by atoms with Crippen LogP contribution < -0.4 is 21.8 Å². The highest BCUT2D eigenvalue weighted by molar-refractivity contribution is 6.09. The Hall–Kier alpha value is -5.72.